The van der Waals surface area contributed by atoms with Crippen molar-refractivity contribution in [3.05, 3.63) is 59.7 Å². The van der Waals surface area contributed by atoms with Gasteiger partial charge in [-0.3, -0.25) is 0 Å². The van der Waals surface area contributed by atoms with E-state index in [0.29, 0.717) is 11.8 Å². The summed E-state index contributed by atoms with van der Waals surface area (Å²) in [5, 5.41) is 0. The van der Waals surface area contributed by atoms with Gasteiger partial charge in [0.2, 0.25) is 0 Å². The second-order valence-corrected chi connectivity index (χ2v) is 20.8. The van der Waals surface area contributed by atoms with E-state index in [-0.39, 0.29) is 0 Å². The minimum atomic E-state index is 0.603. The van der Waals surface area contributed by atoms with E-state index in [1.165, 1.54) is 186 Å². The Morgan fingerprint density at radius 1 is 0.365 bits per heavy atom. The van der Waals surface area contributed by atoms with Crippen LogP contribution in [0.2, 0.25) is 0 Å². The monoisotopic (exact) mass is 859 g/mol. The second-order valence-electron chi connectivity index (χ2n) is 20.8. The first-order valence-electron chi connectivity index (χ1n) is 27.5. The van der Waals surface area contributed by atoms with Crippen LogP contribution in [0.4, 0.5) is 0 Å². The maximum Gasteiger partial charge on any atom is 0.119 e. The molecule has 0 atom stereocenters. The summed E-state index contributed by atoms with van der Waals surface area (Å²) in [5.74, 6) is 23.3. The van der Waals surface area contributed by atoms with Crippen LogP contribution in [0.25, 0.3) is 0 Å². The zero-order valence-electron chi connectivity index (χ0n) is 41.4. The maximum absolute atomic E-state index is 5.81. The standard InChI is InChI=1S/C31H48O.C30H46O/c1-3-5-7-8-10-26-13-19-29(20-14-26)30-21-15-27(16-22-30)11-12-28-17-23-31(24-18-28)32-25-9-6-4-2;1-3-5-7-9-25-12-18-28(19-13-25)29-20-14-26(15-21-29)10-11-27-16-22-30(23-17-27)31-24-8-6-4-2/h17-18,23-24,26-27,29-30H,3-10,13-16,19-22,25H2,1-2H3;16-17,22-23,25-26,28-29H,3-9,12-15,18-21,24H2,1-2H3. The van der Waals surface area contributed by atoms with Crippen molar-refractivity contribution in [3.8, 4) is 35.2 Å². The highest BCUT2D eigenvalue weighted by molar-refractivity contribution is 5.39. The van der Waals surface area contributed by atoms with Gasteiger partial charge in [-0.05, 0) is 174 Å². The summed E-state index contributed by atoms with van der Waals surface area (Å²) >= 11 is 0. The SMILES string of the molecule is CCCCCCC1CCC(C2CCC(C#Cc3ccc(OCCCCC)cc3)CC2)CC1.CCCCCOc1ccc(C#CC2CCC(C3CCC(CCCCC)CC3)CC2)cc1. The van der Waals surface area contributed by atoms with Crippen molar-refractivity contribution in [1.29, 1.82) is 0 Å². The Morgan fingerprint density at radius 3 is 1.05 bits per heavy atom. The molecule has 0 N–H and O–H groups in total. The van der Waals surface area contributed by atoms with Gasteiger partial charge in [-0.2, -0.15) is 0 Å². The topological polar surface area (TPSA) is 18.5 Å². The highest BCUT2D eigenvalue weighted by Gasteiger charge is 2.31. The highest BCUT2D eigenvalue weighted by Crippen LogP contribution is 2.43. The molecule has 0 unspecified atom stereocenters. The van der Waals surface area contributed by atoms with Gasteiger partial charge in [-0.1, -0.05) is 161 Å². The van der Waals surface area contributed by atoms with Gasteiger partial charge in [0, 0.05) is 23.0 Å². The Labute approximate surface area is 390 Å². The Balaban J connectivity index is 0.000000238. The molecule has 0 aromatic heterocycles. The fourth-order valence-electron chi connectivity index (χ4n) is 11.6. The van der Waals surface area contributed by atoms with Crippen molar-refractivity contribution in [2.75, 3.05) is 13.2 Å². The fraction of sp³-hybridized carbons (Fsp3) is 0.738. The highest BCUT2D eigenvalue weighted by atomic mass is 16.5. The molecule has 0 aliphatic heterocycles. The van der Waals surface area contributed by atoms with Gasteiger partial charge in [0.25, 0.3) is 0 Å². The maximum atomic E-state index is 5.81. The summed E-state index contributed by atoms with van der Waals surface area (Å²) in [6.07, 6.45) is 43.2. The Kier molecular flexibility index (Phi) is 25.3. The van der Waals surface area contributed by atoms with E-state index < -0.39 is 0 Å². The zero-order chi connectivity index (χ0) is 44.2. The van der Waals surface area contributed by atoms with Crippen molar-refractivity contribution < 1.29 is 9.47 Å². The van der Waals surface area contributed by atoms with Crippen LogP contribution in [0.1, 0.15) is 238 Å². The molecule has 2 aromatic carbocycles. The largest absolute Gasteiger partial charge is 0.494 e. The predicted molar refractivity (Wildman–Crippen MR) is 271 cm³/mol. The number of rotatable bonds is 21. The lowest BCUT2D eigenvalue weighted by Crippen LogP contribution is -2.25. The lowest BCUT2D eigenvalue weighted by Gasteiger charge is -2.37. The van der Waals surface area contributed by atoms with Gasteiger partial charge in [0.15, 0.2) is 0 Å². The molecule has 0 saturated heterocycles. The van der Waals surface area contributed by atoms with Crippen LogP contribution >= 0.6 is 0 Å². The molecule has 6 rings (SSSR count). The molecule has 0 heterocycles. The summed E-state index contributed by atoms with van der Waals surface area (Å²) < 4.78 is 11.6. The molecule has 2 heteroatoms. The van der Waals surface area contributed by atoms with Crippen molar-refractivity contribution in [3.63, 3.8) is 0 Å². The van der Waals surface area contributed by atoms with Crippen molar-refractivity contribution in [1.82, 2.24) is 0 Å². The number of hydrogen-bond acceptors (Lipinski definition) is 2. The van der Waals surface area contributed by atoms with E-state index in [2.05, 4.69) is 99.9 Å². The van der Waals surface area contributed by atoms with E-state index in [4.69, 9.17) is 9.47 Å². The summed E-state index contributed by atoms with van der Waals surface area (Å²) in [6.45, 7) is 10.7. The molecule has 0 bridgehead atoms. The van der Waals surface area contributed by atoms with Gasteiger partial charge in [-0.15, -0.1) is 0 Å². The average molecular weight is 859 g/mol. The Morgan fingerprint density at radius 2 is 0.683 bits per heavy atom. The molecule has 2 nitrogen and oxygen atoms in total. The second kappa shape index (κ2) is 31.1. The van der Waals surface area contributed by atoms with Crippen LogP contribution in [0.5, 0.6) is 11.5 Å². The molecule has 0 amide bonds. The smallest absolute Gasteiger partial charge is 0.119 e. The van der Waals surface area contributed by atoms with Gasteiger partial charge in [0.05, 0.1) is 13.2 Å². The number of unbranched alkanes of at least 4 members (excludes halogenated alkanes) is 9. The third-order valence-electron chi connectivity index (χ3n) is 15.9. The third-order valence-corrected chi connectivity index (χ3v) is 15.9. The first-order chi connectivity index (χ1) is 31.1. The zero-order valence-corrected chi connectivity index (χ0v) is 41.4. The fourth-order valence-corrected chi connectivity index (χ4v) is 11.6. The number of ether oxygens (including phenoxy) is 2. The predicted octanol–water partition coefficient (Wildman–Crippen LogP) is 18.0. The molecule has 63 heavy (non-hydrogen) atoms. The van der Waals surface area contributed by atoms with E-state index in [1.54, 1.807) is 0 Å². The molecular weight excluding hydrogens is 765 g/mol. The van der Waals surface area contributed by atoms with E-state index in [0.717, 1.165) is 84.2 Å². The van der Waals surface area contributed by atoms with Crippen LogP contribution in [0.15, 0.2) is 48.5 Å². The van der Waals surface area contributed by atoms with Crippen molar-refractivity contribution >= 4 is 0 Å². The minimum absolute atomic E-state index is 0.603. The molecule has 4 fully saturated rings. The normalized spacial score (nSPS) is 25.9. The number of benzene rings is 2. The molecule has 0 radical (unpaired) electrons. The molecule has 350 valence electrons. The van der Waals surface area contributed by atoms with Crippen LogP contribution in [-0.4, -0.2) is 13.2 Å². The lowest BCUT2D eigenvalue weighted by molar-refractivity contribution is 0.153. The summed E-state index contributed by atoms with van der Waals surface area (Å²) in [6, 6.07) is 16.8. The van der Waals surface area contributed by atoms with Gasteiger partial charge in [-0.25, -0.2) is 0 Å². The lowest BCUT2D eigenvalue weighted by atomic mass is 9.69. The first kappa shape index (κ1) is 51.1. The van der Waals surface area contributed by atoms with Crippen LogP contribution in [0, 0.1) is 71.0 Å². The first-order valence-corrected chi connectivity index (χ1v) is 27.5. The van der Waals surface area contributed by atoms with Gasteiger partial charge < -0.3 is 9.47 Å². The molecular formula is C61H94O2. The molecule has 4 aliphatic rings. The van der Waals surface area contributed by atoms with Crippen LogP contribution < -0.4 is 9.47 Å². The third kappa shape index (κ3) is 20.1. The van der Waals surface area contributed by atoms with Gasteiger partial charge in [0.1, 0.15) is 11.5 Å². The van der Waals surface area contributed by atoms with E-state index in [1.807, 2.05) is 0 Å². The Bertz CT molecular complexity index is 1550. The van der Waals surface area contributed by atoms with Crippen LogP contribution in [-0.2, 0) is 0 Å². The molecule has 2 aromatic rings. The van der Waals surface area contributed by atoms with Gasteiger partial charge >= 0.3 is 0 Å². The van der Waals surface area contributed by atoms with E-state index in [9.17, 15) is 0 Å². The average Bonchev–Trinajstić information content (AvgIpc) is 3.34. The summed E-state index contributed by atoms with van der Waals surface area (Å²) in [7, 11) is 0. The molecule has 4 aliphatic carbocycles. The summed E-state index contributed by atoms with van der Waals surface area (Å²) in [5.41, 5.74) is 2.26. The molecule has 4 saturated carbocycles. The number of hydrogen-bond donors (Lipinski definition) is 0. The minimum Gasteiger partial charge on any atom is -0.494 e. The Hall–Kier alpha value is -2.84. The summed E-state index contributed by atoms with van der Waals surface area (Å²) in [4.78, 5) is 0. The van der Waals surface area contributed by atoms with Crippen molar-refractivity contribution in [2.24, 2.45) is 47.3 Å². The quantitative estimate of drug-likeness (QED) is 0.0920. The van der Waals surface area contributed by atoms with E-state index >= 15 is 0 Å². The van der Waals surface area contributed by atoms with Crippen molar-refractivity contribution in [2.45, 2.75) is 227 Å². The van der Waals surface area contributed by atoms with Crippen LogP contribution in [0.3, 0.4) is 0 Å². The molecule has 0 spiro atoms.